The Bertz CT molecular complexity index is 698. The number of ether oxygens (including phenoxy) is 1. The minimum atomic E-state index is -0.418. The van der Waals surface area contributed by atoms with Crippen molar-refractivity contribution in [1.82, 2.24) is 0 Å². The van der Waals surface area contributed by atoms with Crippen LogP contribution in [0.3, 0.4) is 0 Å². The van der Waals surface area contributed by atoms with E-state index in [4.69, 9.17) is 4.74 Å². The lowest BCUT2D eigenvalue weighted by Gasteiger charge is -2.19. The highest BCUT2D eigenvalue weighted by molar-refractivity contribution is 6.17. The Morgan fingerprint density at radius 3 is 2.43 bits per heavy atom. The van der Waals surface area contributed by atoms with Crippen LogP contribution in [0.2, 0.25) is 0 Å². The number of aromatic nitrogens is 1. The normalized spacial score (nSPS) is 10.4. The minimum Gasteiger partial charge on any atom is -0.616 e. The molecule has 1 aromatic carbocycles. The number of pyridine rings is 1. The van der Waals surface area contributed by atoms with Crippen molar-refractivity contribution in [2.45, 2.75) is 20.8 Å². The van der Waals surface area contributed by atoms with Crippen LogP contribution in [-0.2, 0) is 9.59 Å². The molecule has 0 aliphatic carbocycles. The molecule has 1 heterocycles. The van der Waals surface area contributed by atoms with Crippen molar-refractivity contribution in [3.8, 4) is 5.88 Å². The Morgan fingerprint density at radius 2 is 1.86 bits per heavy atom. The second kappa shape index (κ2) is 5.78. The topological polar surface area (TPSA) is 73.5 Å². The van der Waals surface area contributed by atoms with Gasteiger partial charge in [-0.1, -0.05) is 12.1 Å². The molecule has 0 saturated heterocycles. The van der Waals surface area contributed by atoms with E-state index in [0.29, 0.717) is 27.9 Å². The Balaban J connectivity index is 2.80. The van der Waals surface area contributed by atoms with Gasteiger partial charge in [0.2, 0.25) is 17.3 Å². The van der Waals surface area contributed by atoms with Crippen molar-refractivity contribution in [3.05, 3.63) is 35.5 Å². The molecule has 0 bridgehead atoms. The van der Waals surface area contributed by atoms with Crippen molar-refractivity contribution in [2.75, 3.05) is 11.5 Å². The maximum atomic E-state index is 12.2. The molecule has 110 valence electrons. The first-order valence-corrected chi connectivity index (χ1v) is 6.56. The number of rotatable bonds is 3. The molecular formula is C15H16N2O4. The number of anilines is 1. The average Bonchev–Trinajstić information content (AvgIpc) is 2.43. The Hall–Kier alpha value is -2.63. The SMILES string of the molecule is CCOc1cc(N(C(C)=O)C(C)=O)c2ccccc2[n+]1[O-]. The molecule has 6 heteroatoms. The van der Waals surface area contributed by atoms with Gasteiger partial charge in [-0.25, -0.2) is 4.90 Å². The third-order valence-electron chi connectivity index (χ3n) is 3.02. The fourth-order valence-electron chi connectivity index (χ4n) is 2.23. The van der Waals surface area contributed by atoms with Gasteiger partial charge in [0.25, 0.3) is 0 Å². The first kappa shape index (κ1) is 14.8. The highest BCUT2D eigenvalue weighted by atomic mass is 16.5. The van der Waals surface area contributed by atoms with Crippen LogP contribution >= 0.6 is 0 Å². The maximum absolute atomic E-state index is 12.2. The van der Waals surface area contributed by atoms with E-state index in [1.807, 2.05) is 0 Å². The predicted octanol–water partition coefficient (Wildman–Crippen LogP) is 1.77. The van der Waals surface area contributed by atoms with E-state index in [-0.39, 0.29) is 5.88 Å². The summed E-state index contributed by atoms with van der Waals surface area (Å²) in [6, 6.07) is 8.18. The van der Waals surface area contributed by atoms with E-state index in [9.17, 15) is 14.8 Å². The summed E-state index contributed by atoms with van der Waals surface area (Å²) in [7, 11) is 0. The third kappa shape index (κ3) is 2.65. The fraction of sp³-hybridized carbons (Fsp3) is 0.267. The van der Waals surface area contributed by atoms with E-state index in [1.54, 1.807) is 31.2 Å². The number of imide groups is 1. The van der Waals surface area contributed by atoms with Crippen LogP contribution < -0.4 is 14.4 Å². The van der Waals surface area contributed by atoms with Crippen LogP contribution in [0, 0.1) is 5.21 Å². The van der Waals surface area contributed by atoms with Gasteiger partial charge < -0.3 is 9.94 Å². The van der Waals surface area contributed by atoms with Crippen LogP contribution in [0.4, 0.5) is 5.69 Å². The predicted molar refractivity (Wildman–Crippen MR) is 77.9 cm³/mol. The summed E-state index contributed by atoms with van der Waals surface area (Å²) in [6.07, 6.45) is 0. The van der Waals surface area contributed by atoms with E-state index < -0.39 is 11.8 Å². The molecule has 6 nitrogen and oxygen atoms in total. The number of nitrogens with zero attached hydrogens (tertiary/aromatic N) is 2. The molecular weight excluding hydrogens is 272 g/mol. The molecule has 0 atom stereocenters. The zero-order chi connectivity index (χ0) is 15.6. The van der Waals surface area contributed by atoms with Gasteiger partial charge in [0.1, 0.15) is 0 Å². The third-order valence-corrected chi connectivity index (χ3v) is 3.02. The smallest absolute Gasteiger partial charge is 0.382 e. The van der Waals surface area contributed by atoms with Gasteiger partial charge in [0.05, 0.1) is 23.7 Å². The molecule has 0 aliphatic heterocycles. The number of carbonyl (C=O) groups excluding carboxylic acids is 2. The molecule has 2 aromatic rings. The average molecular weight is 288 g/mol. The zero-order valence-electron chi connectivity index (χ0n) is 12.1. The molecule has 0 radical (unpaired) electrons. The summed E-state index contributed by atoms with van der Waals surface area (Å²) in [4.78, 5) is 24.6. The van der Waals surface area contributed by atoms with Gasteiger partial charge in [-0.2, -0.15) is 0 Å². The highest BCUT2D eigenvalue weighted by Gasteiger charge is 2.24. The lowest BCUT2D eigenvalue weighted by atomic mass is 10.1. The van der Waals surface area contributed by atoms with Gasteiger partial charge in [0, 0.05) is 19.9 Å². The molecule has 0 fully saturated rings. The molecule has 2 amide bonds. The van der Waals surface area contributed by atoms with Crippen LogP contribution in [0.5, 0.6) is 5.88 Å². The van der Waals surface area contributed by atoms with Crippen LogP contribution in [0.25, 0.3) is 10.9 Å². The lowest BCUT2D eigenvalue weighted by molar-refractivity contribution is -0.585. The van der Waals surface area contributed by atoms with Crippen molar-refractivity contribution in [3.63, 3.8) is 0 Å². The Labute approximate surface area is 122 Å². The summed E-state index contributed by atoms with van der Waals surface area (Å²) in [5, 5.41) is 12.8. The van der Waals surface area contributed by atoms with E-state index in [0.717, 1.165) is 4.90 Å². The number of hydrogen-bond acceptors (Lipinski definition) is 4. The second-order valence-corrected chi connectivity index (χ2v) is 4.49. The summed E-state index contributed by atoms with van der Waals surface area (Å²) in [5.74, 6) is -0.781. The second-order valence-electron chi connectivity index (χ2n) is 4.49. The summed E-state index contributed by atoms with van der Waals surface area (Å²) >= 11 is 0. The fourth-order valence-corrected chi connectivity index (χ4v) is 2.23. The number of carbonyl (C=O) groups is 2. The van der Waals surface area contributed by atoms with E-state index >= 15 is 0 Å². The monoisotopic (exact) mass is 288 g/mol. The first-order chi connectivity index (χ1) is 9.97. The number of benzene rings is 1. The summed E-state index contributed by atoms with van der Waals surface area (Å²) in [6.45, 7) is 4.66. The van der Waals surface area contributed by atoms with Gasteiger partial charge in [0.15, 0.2) is 0 Å². The summed E-state index contributed by atoms with van der Waals surface area (Å²) < 4.78 is 5.95. The first-order valence-electron chi connectivity index (χ1n) is 6.56. The number of amides is 2. The van der Waals surface area contributed by atoms with Crippen LogP contribution in [0.15, 0.2) is 30.3 Å². The highest BCUT2D eigenvalue weighted by Crippen LogP contribution is 2.28. The molecule has 0 unspecified atom stereocenters. The van der Waals surface area contributed by atoms with Crippen LogP contribution in [0.1, 0.15) is 20.8 Å². The number of fused-ring (bicyclic) bond motifs is 1. The van der Waals surface area contributed by atoms with Crippen molar-refractivity contribution in [2.24, 2.45) is 0 Å². The van der Waals surface area contributed by atoms with Gasteiger partial charge in [-0.15, -0.1) is 4.73 Å². The molecule has 21 heavy (non-hydrogen) atoms. The Morgan fingerprint density at radius 1 is 1.24 bits per heavy atom. The largest absolute Gasteiger partial charge is 0.616 e. The van der Waals surface area contributed by atoms with Crippen molar-refractivity contribution < 1.29 is 19.1 Å². The summed E-state index contributed by atoms with van der Waals surface area (Å²) in [5.41, 5.74) is 0.687. The molecule has 1 aromatic heterocycles. The zero-order valence-corrected chi connectivity index (χ0v) is 12.1. The van der Waals surface area contributed by atoms with E-state index in [1.165, 1.54) is 19.9 Å². The minimum absolute atomic E-state index is 0.0544. The van der Waals surface area contributed by atoms with Crippen molar-refractivity contribution in [1.29, 1.82) is 0 Å². The maximum Gasteiger partial charge on any atom is 0.382 e. The lowest BCUT2D eigenvalue weighted by Crippen LogP contribution is -2.36. The van der Waals surface area contributed by atoms with Gasteiger partial charge in [-0.05, 0) is 13.0 Å². The molecule has 2 rings (SSSR count). The van der Waals surface area contributed by atoms with Crippen LogP contribution in [-0.4, -0.2) is 18.4 Å². The molecule has 0 saturated carbocycles. The van der Waals surface area contributed by atoms with Gasteiger partial charge in [-0.3, -0.25) is 9.59 Å². The van der Waals surface area contributed by atoms with Gasteiger partial charge >= 0.3 is 5.88 Å². The van der Waals surface area contributed by atoms with Crippen molar-refractivity contribution >= 4 is 28.4 Å². The standard InChI is InChI=1S/C15H16N2O4/c1-4-21-15-9-14(16(10(2)18)11(3)19)12-7-5-6-8-13(12)17(15)20/h5-9H,4H2,1-3H3. The van der Waals surface area contributed by atoms with E-state index in [2.05, 4.69) is 0 Å². The molecule has 0 aliphatic rings. The quantitative estimate of drug-likeness (QED) is 0.637. The Kier molecular flexibility index (Phi) is 4.07. The molecule has 0 spiro atoms. The molecule has 0 N–H and O–H groups in total. The number of para-hydroxylation sites is 1. The number of hydrogen-bond donors (Lipinski definition) is 0.